The fourth-order valence-electron chi connectivity index (χ4n) is 2.07. The van der Waals surface area contributed by atoms with Crippen LogP contribution < -0.4 is 5.32 Å². The molecule has 20 heavy (non-hydrogen) atoms. The maximum absolute atomic E-state index is 13.3. The molecular weight excluding hydrogens is 375 g/mol. The highest BCUT2D eigenvalue weighted by Gasteiger charge is 2.29. The SMILES string of the molecule is CNc1nc(-c2cc(F)cc(F)c2)nc(C2CC2)c1I. The Hall–Kier alpha value is -1.31. The van der Waals surface area contributed by atoms with Crippen molar-refractivity contribution in [3.05, 3.63) is 39.1 Å². The second kappa shape index (κ2) is 5.23. The molecule has 1 N–H and O–H groups in total. The lowest BCUT2D eigenvalue weighted by Crippen LogP contribution is -2.05. The average molecular weight is 387 g/mol. The van der Waals surface area contributed by atoms with E-state index in [1.54, 1.807) is 7.05 Å². The van der Waals surface area contributed by atoms with Gasteiger partial charge in [-0.25, -0.2) is 18.7 Å². The van der Waals surface area contributed by atoms with Crippen molar-refractivity contribution in [1.82, 2.24) is 9.97 Å². The zero-order valence-electron chi connectivity index (χ0n) is 10.8. The molecule has 0 bridgehead atoms. The number of hydrogen-bond donors (Lipinski definition) is 1. The van der Waals surface area contributed by atoms with Crippen molar-refractivity contribution in [1.29, 1.82) is 0 Å². The molecule has 1 aromatic heterocycles. The van der Waals surface area contributed by atoms with Crippen molar-refractivity contribution in [2.24, 2.45) is 0 Å². The second-order valence-electron chi connectivity index (χ2n) is 4.78. The average Bonchev–Trinajstić information content (AvgIpc) is 3.22. The van der Waals surface area contributed by atoms with Gasteiger partial charge in [0.05, 0.1) is 9.26 Å². The van der Waals surface area contributed by atoms with Gasteiger partial charge in [-0.15, -0.1) is 0 Å². The van der Waals surface area contributed by atoms with Crippen LogP contribution >= 0.6 is 22.6 Å². The maximum atomic E-state index is 13.3. The molecule has 1 aliphatic rings. The van der Waals surface area contributed by atoms with Gasteiger partial charge in [0.1, 0.15) is 17.5 Å². The highest BCUT2D eigenvalue weighted by molar-refractivity contribution is 14.1. The molecule has 104 valence electrons. The van der Waals surface area contributed by atoms with Crippen molar-refractivity contribution in [3.8, 4) is 11.4 Å². The van der Waals surface area contributed by atoms with E-state index in [1.807, 2.05) is 0 Å². The van der Waals surface area contributed by atoms with Crippen LogP contribution in [0.2, 0.25) is 0 Å². The predicted octanol–water partition coefficient (Wildman–Crippen LogP) is 3.95. The molecule has 6 heteroatoms. The lowest BCUT2D eigenvalue weighted by Gasteiger charge is -2.11. The molecule has 3 rings (SSSR count). The number of benzene rings is 1. The summed E-state index contributed by atoms with van der Waals surface area (Å²) in [5.74, 6) is 0.244. The number of nitrogens with one attached hydrogen (secondary N) is 1. The Morgan fingerprint density at radius 2 is 1.80 bits per heavy atom. The molecule has 1 aromatic carbocycles. The van der Waals surface area contributed by atoms with E-state index < -0.39 is 11.6 Å². The van der Waals surface area contributed by atoms with Crippen LogP contribution in [0.25, 0.3) is 11.4 Å². The van der Waals surface area contributed by atoms with E-state index in [1.165, 1.54) is 12.1 Å². The van der Waals surface area contributed by atoms with E-state index in [-0.39, 0.29) is 0 Å². The Labute approximate surface area is 129 Å². The zero-order valence-corrected chi connectivity index (χ0v) is 12.9. The highest BCUT2D eigenvalue weighted by atomic mass is 127. The first-order valence-corrected chi connectivity index (χ1v) is 7.38. The normalized spacial score (nSPS) is 14.4. The number of hydrogen-bond acceptors (Lipinski definition) is 3. The van der Waals surface area contributed by atoms with Crippen LogP contribution in [0.15, 0.2) is 18.2 Å². The standard InChI is InChI=1S/C14H12F2IN3/c1-18-14-11(17)12(7-2-3-7)19-13(20-14)8-4-9(15)6-10(16)5-8/h4-7H,2-3H2,1H3,(H,18,19,20). The summed E-state index contributed by atoms with van der Waals surface area (Å²) in [4.78, 5) is 8.85. The lowest BCUT2D eigenvalue weighted by molar-refractivity contribution is 0.584. The molecule has 1 saturated carbocycles. The van der Waals surface area contributed by atoms with Gasteiger partial charge in [-0.3, -0.25) is 0 Å². The molecule has 1 aliphatic carbocycles. The molecule has 1 heterocycles. The smallest absolute Gasteiger partial charge is 0.162 e. The zero-order chi connectivity index (χ0) is 14.3. The summed E-state index contributed by atoms with van der Waals surface area (Å²) in [6.07, 6.45) is 2.21. The van der Waals surface area contributed by atoms with Crippen molar-refractivity contribution < 1.29 is 8.78 Å². The topological polar surface area (TPSA) is 37.8 Å². The largest absolute Gasteiger partial charge is 0.372 e. The summed E-state index contributed by atoms with van der Waals surface area (Å²) < 4.78 is 27.6. The van der Waals surface area contributed by atoms with Gasteiger partial charge in [-0.2, -0.15) is 0 Å². The van der Waals surface area contributed by atoms with Gasteiger partial charge in [0.15, 0.2) is 5.82 Å². The first-order valence-electron chi connectivity index (χ1n) is 6.30. The van der Waals surface area contributed by atoms with Crippen molar-refractivity contribution in [3.63, 3.8) is 0 Å². The molecule has 2 aromatic rings. The molecular formula is C14H12F2IN3. The predicted molar refractivity (Wildman–Crippen MR) is 81.6 cm³/mol. The first kappa shape index (κ1) is 13.7. The molecule has 0 spiro atoms. The minimum absolute atomic E-state index is 0.357. The summed E-state index contributed by atoms with van der Waals surface area (Å²) in [6, 6.07) is 3.35. The van der Waals surface area contributed by atoms with Crippen molar-refractivity contribution >= 4 is 28.4 Å². The van der Waals surface area contributed by atoms with Gasteiger partial charge in [0.25, 0.3) is 0 Å². The lowest BCUT2D eigenvalue weighted by atomic mass is 10.2. The Morgan fingerprint density at radius 1 is 1.15 bits per heavy atom. The van der Waals surface area contributed by atoms with Crippen LogP contribution in [-0.2, 0) is 0 Å². The summed E-state index contributed by atoms with van der Waals surface area (Å²) in [7, 11) is 1.77. The molecule has 0 aliphatic heterocycles. The quantitative estimate of drug-likeness (QED) is 0.811. The summed E-state index contributed by atoms with van der Waals surface area (Å²) in [6.45, 7) is 0. The van der Waals surface area contributed by atoms with E-state index in [0.717, 1.165) is 28.2 Å². The second-order valence-corrected chi connectivity index (χ2v) is 5.86. The van der Waals surface area contributed by atoms with E-state index in [4.69, 9.17) is 0 Å². The number of aromatic nitrogens is 2. The van der Waals surface area contributed by atoms with Crippen LogP contribution in [0.4, 0.5) is 14.6 Å². The van der Waals surface area contributed by atoms with Gasteiger partial charge in [-0.05, 0) is 47.6 Å². The van der Waals surface area contributed by atoms with Gasteiger partial charge in [0.2, 0.25) is 0 Å². The molecule has 0 saturated heterocycles. The minimum Gasteiger partial charge on any atom is -0.372 e. The van der Waals surface area contributed by atoms with Crippen LogP contribution in [0.5, 0.6) is 0 Å². The summed E-state index contributed by atoms with van der Waals surface area (Å²) in [5.41, 5.74) is 1.32. The van der Waals surface area contributed by atoms with Crippen LogP contribution in [-0.4, -0.2) is 17.0 Å². The molecule has 0 radical (unpaired) electrons. The third-order valence-corrected chi connectivity index (χ3v) is 4.26. The van der Waals surface area contributed by atoms with Crippen molar-refractivity contribution in [2.75, 3.05) is 12.4 Å². The van der Waals surface area contributed by atoms with Crippen molar-refractivity contribution in [2.45, 2.75) is 18.8 Å². The van der Waals surface area contributed by atoms with E-state index >= 15 is 0 Å². The number of halogens is 3. The number of anilines is 1. The third kappa shape index (κ3) is 2.61. The molecule has 0 atom stereocenters. The fourth-order valence-corrected chi connectivity index (χ4v) is 3.02. The maximum Gasteiger partial charge on any atom is 0.162 e. The first-order chi connectivity index (χ1) is 9.58. The van der Waals surface area contributed by atoms with Gasteiger partial charge < -0.3 is 5.32 Å². The van der Waals surface area contributed by atoms with E-state index in [0.29, 0.717) is 23.1 Å². The van der Waals surface area contributed by atoms with Crippen LogP contribution in [0.1, 0.15) is 24.5 Å². The molecule has 3 nitrogen and oxygen atoms in total. The molecule has 0 unspecified atom stereocenters. The highest BCUT2D eigenvalue weighted by Crippen LogP contribution is 2.42. The van der Waals surface area contributed by atoms with Gasteiger partial charge >= 0.3 is 0 Å². The monoisotopic (exact) mass is 387 g/mol. The van der Waals surface area contributed by atoms with Crippen LogP contribution in [0, 0.1) is 15.2 Å². The van der Waals surface area contributed by atoms with Gasteiger partial charge in [0, 0.05) is 24.6 Å². The number of rotatable bonds is 3. The summed E-state index contributed by atoms with van der Waals surface area (Å²) in [5, 5.41) is 3.01. The Bertz CT molecular complexity index is 651. The minimum atomic E-state index is -0.624. The third-order valence-electron chi connectivity index (χ3n) is 3.20. The van der Waals surface area contributed by atoms with E-state index in [2.05, 4.69) is 37.9 Å². The molecule has 0 amide bonds. The Morgan fingerprint density at radius 3 is 2.35 bits per heavy atom. The fraction of sp³-hybridized carbons (Fsp3) is 0.286. The number of nitrogens with zero attached hydrogens (tertiary/aromatic N) is 2. The van der Waals surface area contributed by atoms with Crippen LogP contribution in [0.3, 0.4) is 0 Å². The Balaban J connectivity index is 2.15. The van der Waals surface area contributed by atoms with E-state index in [9.17, 15) is 8.78 Å². The Kier molecular flexibility index (Phi) is 3.57. The summed E-state index contributed by atoms with van der Waals surface area (Å²) >= 11 is 2.21. The van der Waals surface area contributed by atoms with Gasteiger partial charge in [-0.1, -0.05) is 0 Å². The molecule has 1 fully saturated rings.